The summed E-state index contributed by atoms with van der Waals surface area (Å²) in [6.45, 7) is 1.99. The van der Waals surface area contributed by atoms with Gasteiger partial charge >= 0.3 is 0 Å². The highest BCUT2D eigenvalue weighted by Gasteiger charge is 2.05. The number of thiophene rings is 1. The van der Waals surface area contributed by atoms with Crippen LogP contribution in [0.2, 0.25) is 0 Å². The second-order valence-electron chi connectivity index (χ2n) is 3.44. The quantitative estimate of drug-likeness (QED) is 0.809. The summed E-state index contributed by atoms with van der Waals surface area (Å²) in [4.78, 5) is 1.19. The fourth-order valence-electron chi connectivity index (χ4n) is 1.36. The topological polar surface area (TPSA) is 54.7 Å². The SMILES string of the molecule is CC(N)Cc1cc(-c2cccs2)n[nH]1. The Hall–Kier alpha value is -1.13. The summed E-state index contributed by atoms with van der Waals surface area (Å²) in [6, 6.07) is 6.33. The minimum atomic E-state index is 0.173. The molecule has 0 aliphatic rings. The number of aromatic nitrogens is 2. The lowest BCUT2D eigenvalue weighted by atomic mass is 10.2. The summed E-state index contributed by atoms with van der Waals surface area (Å²) in [5.74, 6) is 0. The predicted molar refractivity (Wildman–Crippen MR) is 59.3 cm³/mol. The van der Waals surface area contributed by atoms with Crippen molar-refractivity contribution in [3.63, 3.8) is 0 Å². The molecule has 0 aliphatic carbocycles. The van der Waals surface area contributed by atoms with Crippen LogP contribution in [0.5, 0.6) is 0 Å². The Morgan fingerprint density at radius 2 is 2.50 bits per heavy atom. The van der Waals surface area contributed by atoms with Crippen LogP contribution < -0.4 is 5.73 Å². The van der Waals surface area contributed by atoms with Crippen molar-refractivity contribution in [1.82, 2.24) is 10.2 Å². The molecule has 3 nitrogen and oxygen atoms in total. The molecule has 0 amide bonds. The third-order valence-electron chi connectivity index (χ3n) is 1.95. The van der Waals surface area contributed by atoms with E-state index in [0.29, 0.717) is 0 Å². The van der Waals surface area contributed by atoms with Gasteiger partial charge in [-0.05, 0) is 24.4 Å². The Balaban J connectivity index is 2.18. The Kier molecular flexibility index (Phi) is 2.65. The Morgan fingerprint density at radius 3 is 3.14 bits per heavy atom. The van der Waals surface area contributed by atoms with Crippen molar-refractivity contribution in [3.05, 3.63) is 29.3 Å². The van der Waals surface area contributed by atoms with E-state index in [1.54, 1.807) is 11.3 Å². The molecule has 0 bridgehead atoms. The van der Waals surface area contributed by atoms with Crippen LogP contribution in [0.3, 0.4) is 0 Å². The van der Waals surface area contributed by atoms with Crippen LogP contribution in [-0.2, 0) is 6.42 Å². The van der Waals surface area contributed by atoms with Crippen molar-refractivity contribution >= 4 is 11.3 Å². The van der Waals surface area contributed by atoms with Crippen molar-refractivity contribution in [3.8, 4) is 10.6 Å². The number of rotatable bonds is 3. The molecule has 2 aromatic rings. The van der Waals surface area contributed by atoms with Crippen molar-refractivity contribution in [2.24, 2.45) is 5.73 Å². The van der Waals surface area contributed by atoms with Crippen LogP contribution in [0, 0.1) is 0 Å². The summed E-state index contributed by atoms with van der Waals surface area (Å²) in [5.41, 5.74) is 7.82. The fraction of sp³-hybridized carbons (Fsp3) is 0.300. The zero-order valence-electron chi connectivity index (χ0n) is 8.03. The number of aromatic amines is 1. The van der Waals surface area contributed by atoms with Gasteiger partial charge in [-0.15, -0.1) is 11.3 Å². The van der Waals surface area contributed by atoms with Gasteiger partial charge in [-0.25, -0.2) is 0 Å². The highest BCUT2D eigenvalue weighted by atomic mass is 32.1. The van der Waals surface area contributed by atoms with E-state index in [2.05, 4.69) is 27.7 Å². The summed E-state index contributed by atoms with van der Waals surface area (Å²) >= 11 is 1.69. The molecule has 1 unspecified atom stereocenters. The van der Waals surface area contributed by atoms with Crippen LogP contribution in [0.4, 0.5) is 0 Å². The first-order chi connectivity index (χ1) is 6.75. The van der Waals surface area contributed by atoms with Crippen LogP contribution >= 0.6 is 11.3 Å². The van der Waals surface area contributed by atoms with Gasteiger partial charge in [-0.3, -0.25) is 5.10 Å². The molecule has 0 aliphatic heterocycles. The van der Waals surface area contributed by atoms with E-state index in [1.165, 1.54) is 4.88 Å². The van der Waals surface area contributed by atoms with Crippen LogP contribution in [0.25, 0.3) is 10.6 Å². The van der Waals surface area contributed by atoms with Crippen LogP contribution in [0.1, 0.15) is 12.6 Å². The van der Waals surface area contributed by atoms with Crippen LogP contribution in [-0.4, -0.2) is 16.2 Å². The lowest BCUT2D eigenvalue weighted by molar-refractivity contribution is 0.719. The molecule has 2 aromatic heterocycles. The number of hydrogen-bond acceptors (Lipinski definition) is 3. The molecule has 0 spiro atoms. The molecule has 0 saturated heterocycles. The molecule has 3 N–H and O–H groups in total. The largest absolute Gasteiger partial charge is 0.328 e. The highest BCUT2D eigenvalue weighted by molar-refractivity contribution is 7.13. The lowest BCUT2D eigenvalue weighted by Crippen LogP contribution is -2.17. The van der Waals surface area contributed by atoms with Gasteiger partial charge in [0.05, 0.1) is 4.88 Å². The maximum Gasteiger partial charge on any atom is 0.102 e. The molecule has 74 valence electrons. The number of nitrogens with one attached hydrogen (secondary N) is 1. The van der Waals surface area contributed by atoms with E-state index in [0.717, 1.165) is 17.8 Å². The molecular formula is C10H13N3S. The molecule has 0 fully saturated rings. The number of nitrogens with two attached hydrogens (primary N) is 1. The fourth-order valence-corrected chi connectivity index (χ4v) is 2.05. The standard InChI is InChI=1S/C10H13N3S/c1-7(11)5-8-6-9(13-12-8)10-3-2-4-14-10/h2-4,6-7H,5,11H2,1H3,(H,12,13). The average molecular weight is 207 g/mol. The molecule has 0 radical (unpaired) electrons. The summed E-state index contributed by atoms with van der Waals surface area (Å²) < 4.78 is 0. The van der Waals surface area contributed by atoms with Crippen molar-refractivity contribution in [2.75, 3.05) is 0 Å². The van der Waals surface area contributed by atoms with Crippen molar-refractivity contribution < 1.29 is 0 Å². The maximum absolute atomic E-state index is 5.71. The van der Waals surface area contributed by atoms with E-state index >= 15 is 0 Å². The highest BCUT2D eigenvalue weighted by Crippen LogP contribution is 2.22. The van der Waals surface area contributed by atoms with Gasteiger partial charge in [0, 0.05) is 18.2 Å². The Labute approximate surface area is 87.0 Å². The maximum atomic E-state index is 5.71. The first kappa shape index (κ1) is 9.43. The van der Waals surface area contributed by atoms with Gasteiger partial charge in [0.2, 0.25) is 0 Å². The smallest absolute Gasteiger partial charge is 0.102 e. The van der Waals surface area contributed by atoms with Gasteiger partial charge in [0.25, 0.3) is 0 Å². The summed E-state index contributed by atoms with van der Waals surface area (Å²) in [5, 5.41) is 9.29. The van der Waals surface area contributed by atoms with Crippen molar-refractivity contribution in [2.45, 2.75) is 19.4 Å². The molecule has 1 atom stereocenters. The van der Waals surface area contributed by atoms with Gasteiger partial charge in [-0.1, -0.05) is 6.07 Å². The number of H-pyrrole nitrogens is 1. The third-order valence-corrected chi connectivity index (χ3v) is 2.84. The zero-order valence-corrected chi connectivity index (χ0v) is 8.84. The molecule has 2 heterocycles. The molecule has 2 rings (SSSR count). The molecule has 0 saturated carbocycles. The zero-order chi connectivity index (χ0) is 9.97. The number of nitrogens with zero attached hydrogens (tertiary/aromatic N) is 1. The van der Waals surface area contributed by atoms with Crippen LogP contribution in [0.15, 0.2) is 23.6 Å². The van der Waals surface area contributed by atoms with Gasteiger partial charge in [0.15, 0.2) is 0 Å². The molecule has 14 heavy (non-hydrogen) atoms. The van der Waals surface area contributed by atoms with E-state index in [4.69, 9.17) is 5.73 Å². The predicted octanol–water partition coefficient (Wildman–Crippen LogP) is 2.03. The van der Waals surface area contributed by atoms with Gasteiger partial charge in [0.1, 0.15) is 5.69 Å². The molecule has 0 aromatic carbocycles. The first-order valence-electron chi connectivity index (χ1n) is 4.59. The van der Waals surface area contributed by atoms with E-state index in [1.807, 2.05) is 13.0 Å². The lowest BCUT2D eigenvalue weighted by Gasteiger charge is -1.99. The first-order valence-corrected chi connectivity index (χ1v) is 5.47. The normalized spacial score (nSPS) is 13.0. The van der Waals surface area contributed by atoms with Gasteiger partial charge in [-0.2, -0.15) is 5.10 Å². The minimum Gasteiger partial charge on any atom is -0.328 e. The van der Waals surface area contributed by atoms with E-state index in [9.17, 15) is 0 Å². The monoisotopic (exact) mass is 207 g/mol. The summed E-state index contributed by atoms with van der Waals surface area (Å²) in [6.07, 6.45) is 0.846. The second-order valence-corrected chi connectivity index (χ2v) is 4.38. The minimum absolute atomic E-state index is 0.173. The number of hydrogen-bond donors (Lipinski definition) is 2. The van der Waals surface area contributed by atoms with E-state index < -0.39 is 0 Å². The summed E-state index contributed by atoms with van der Waals surface area (Å²) in [7, 11) is 0. The van der Waals surface area contributed by atoms with Gasteiger partial charge < -0.3 is 5.73 Å². The second kappa shape index (κ2) is 3.94. The Bertz CT molecular complexity index is 389. The van der Waals surface area contributed by atoms with Crippen molar-refractivity contribution in [1.29, 1.82) is 0 Å². The third kappa shape index (κ3) is 2.02. The molecular weight excluding hydrogens is 194 g/mol. The average Bonchev–Trinajstić information content (AvgIpc) is 2.69. The van der Waals surface area contributed by atoms with E-state index in [-0.39, 0.29) is 6.04 Å². The molecule has 4 heteroatoms. The Morgan fingerprint density at radius 1 is 1.64 bits per heavy atom.